The number of carbonyl (C=O) groups excluding carboxylic acids is 2. The van der Waals surface area contributed by atoms with Crippen LogP contribution >= 0.6 is 0 Å². The molecule has 2 atom stereocenters. The number of primary sulfonamides is 1. The molecule has 0 aromatic rings. The summed E-state index contributed by atoms with van der Waals surface area (Å²) in [6, 6.07) is 0. The third-order valence-electron chi connectivity index (χ3n) is 3.86. The van der Waals surface area contributed by atoms with Gasteiger partial charge in [-0.3, -0.25) is 4.79 Å². The zero-order valence-corrected chi connectivity index (χ0v) is 15.0. The number of sulfonamides is 1. The zero-order valence-electron chi connectivity index (χ0n) is 14.2. The maximum atomic E-state index is 12.1. The third-order valence-corrected chi connectivity index (χ3v) is 5.10. The Morgan fingerprint density at radius 2 is 2.04 bits per heavy atom. The van der Waals surface area contributed by atoms with E-state index < -0.39 is 27.0 Å². The van der Waals surface area contributed by atoms with Crippen molar-refractivity contribution in [3.05, 3.63) is 0 Å². The average Bonchev–Trinajstić information content (AvgIpc) is 2.79. The van der Waals surface area contributed by atoms with E-state index in [1.165, 1.54) is 9.80 Å². The van der Waals surface area contributed by atoms with Crippen LogP contribution in [0.1, 0.15) is 27.2 Å². The molecule has 24 heavy (non-hydrogen) atoms. The number of nitrogens with two attached hydrogens (primary N) is 1. The lowest BCUT2D eigenvalue weighted by atomic mass is 10.2. The Morgan fingerprint density at radius 3 is 2.58 bits per heavy atom. The number of amides is 2. The summed E-state index contributed by atoms with van der Waals surface area (Å²) in [6.45, 7) is 6.70. The number of hydrogen-bond donors (Lipinski definition) is 1. The first-order valence-electron chi connectivity index (χ1n) is 7.84. The van der Waals surface area contributed by atoms with Crippen molar-refractivity contribution < 1.29 is 27.5 Å². The molecule has 0 aromatic carbocycles. The number of rotatable bonds is 3. The van der Waals surface area contributed by atoms with Gasteiger partial charge in [0.1, 0.15) is 10.9 Å². The van der Waals surface area contributed by atoms with Gasteiger partial charge in [0.15, 0.2) is 0 Å². The third kappa shape index (κ3) is 5.05. The maximum absolute atomic E-state index is 12.1. The second-order valence-electron chi connectivity index (χ2n) is 7.13. The smallest absolute Gasteiger partial charge is 0.410 e. The molecule has 2 N–H and O–H groups in total. The van der Waals surface area contributed by atoms with E-state index in [-0.39, 0.29) is 31.5 Å². The van der Waals surface area contributed by atoms with Crippen LogP contribution in [0, 0.1) is 0 Å². The minimum absolute atomic E-state index is 0.0595. The number of nitrogens with zero attached hydrogens (tertiary/aromatic N) is 2. The van der Waals surface area contributed by atoms with Gasteiger partial charge in [-0.15, -0.1) is 0 Å². The SMILES string of the molecule is CC(C)(C)OC(=O)N1CCO[C@H](CN2CC(S(N)(=O)=O)CC2=O)C1. The van der Waals surface area contributed by atoms with Crippen LogP contribution in [0.15, 0.2) is 0 Å². The van der Waals surface area contributed by atoms with Gasteiger partial charge >= 0.3 is 6.09 Å². The summed E-state index contributed by atoms with van der Waals surface area (Å²) in [5.41, 5.74) is -0.585. The van der Waals surface area contributed by atoms with Crippen molar-refractivity contribution in [2.75, 3.05) is 32.8 Å². The van der Waals surface area contributed by atoms with Crippen molar-refractivity contribution >= 4 is 22.0 Å². The summed E-state index contributed by atoms with van der Waals surface area (Å²) in [5.74, 6) is -0.271. The second-order valence-corrected chi connectivity index (χ2v) is 8.98. The van der Waals surface area contributed by atoms with E-state index in [9.17, 15) is 18.0 Å². The van der Waals surface area contributed by atoms with E-state index in [1.807, 2.05) is 0 Å². The number of likely N-dealkylation sites (tertiary alicyclic amines) is 1. The van der Waals surface area contributed by atoms with Crippen molar-refractivity contribution in [3.63, 3.8) is 0 Å². The number of morpholine rings is 1. The van der Waals surface area contributed by atoms with Gasteiger partial charge < -0.3 is 19.3 Å². The molecule has 2 fully saturated rings. The van der Waals surface area contributed by atoms with Crippen molar-refractivity contribution in [1.82, 2.24) is 9.80 Å². The Hall–Kier alpha value is -1.39. The van der Waals surface area contributed by atoms with Crippen molar-refractivity contribution in [3.8, 4) is 0 Å². The lowest BCUT2D eigenvalue weighted by molar-refractivity contribution is -0.130. The molecule has 0 bridgehead atoms. The van der Waals surface area contributed by atoms with E-state index >= 15 is 0 Å². The van der Waals surface area contributed by atoms with Crippen molar-refractivity contribution in [1.29, 1.82) is 0 Å². The van der Waals surface area contributed by atoms with Crippen LogP contribution in [0.3, 0.4) is 0 Å². The van der Waals surface area contributed by atoms with Gasteiger partial charge in [-0.2, -0.15) is 0 Å². The zero-order chi connectivity index (χ0) is 18.1. The largest absolute Gasteiger partial charge is 0.444 e. The second kappa shape index (κ2) is 6.85. The van der Waals surface area contributed by atoms with Crippen LogP contribution in [0.2, 0.25) is 0 Å². The standard InChI is InChI=1S/C14H25N3O6S/c1-14(2,3)23-13(19)16-4-5-22-10(7-16)8-17-9-11(6-12(17)18)24(15,20)21/h10-11H,4-9H2,1-3H3,(H2,15,20,21)/t10-,11?/m0/s1. The first-order valence-corrected chi connectivity index (χ1v) is 9.45. The molecule has 10 heteroatoms. The van der Waals surface area contributed by atoms with E-state index in [2.05, 4.69) is 0 Å². The first kappa shape index (κ1) is 18.9. The van der Waals surface area contributed by atoms with Crippen LogP contribution in [-0.4, -0.2) is 80.0 Å². The van der Waals surface area contributed by atoms with E-state index in [0.717, 1.165) is 0 Å². The van der Waals surface area contributed by atoms with Crippen molar-refractivity contribution in [2.24, 2.45) is 5.14 Å². The minimum Gasteiger partial charge on any atom is -0.444 e. The molecule has 2 rings (SSSR count). The normalized spacial score (nSPS) is 25.9. The molecule has 0 spiro atoms. The van der Waals surface area contributed by atoms with E-state index in [0.29, 0.717) is 19.7 Å². The highest BCUT2D eigenvalue weighted by Crippen LogP contribution is 2.19. The summed E-state index contributed by atoms with van der Waals surface area (Å²) >= 11 is 0. The monoisotopic (exact) mass is 363 g/mol. The Labute approximate surface area is 142 Å². The molecule has 2 aliphatic rings. The highest BCUT2D eigenvalue weighted by Gasteiger charge is 2.38. The van der Waals surface area contributed by atoms with Gasteiger partial charge in [0.05, 0.1) is 19.3 Å². The van der Waals surface area contributed by atoms with E-state index in [1.54, 1.807) is 20.8 Å². The predicted molar refractivity (Wildman–Crippen MR) is 85.6 cm³/mol. The van der Waals surface area contributed by atoms with Gasteiger partial charge in [-0.05, 0) is 20.8 Å². The summed E-state index contributed by atoms with van der Waals surface area (Å²) in [5, 5.41) is 4.23. The highest BCUT2D eigenvalue weighted by atomic mass is 32.2. The topological polar surface area (TPSA) is 119 Å². The predicted octanol–water partition coefficient (Wildman–Crippen LogP) is -0.488. The molecule has 2 saturated heterocycles. The maximum Gasteiger partial charge on any atom is 0.410 e. The van der Waals surface area contributed by atoms with Gasteiger partial charge in [0.25, 0.3) is 0 Å². The van der Waals surface area contributed by atoms with Crippen LogP contribution in [-0.2, 0) is 24.3 Å². The molecule has 138 valence electrons. The molecule has 1 unspecified atom stereocenters. The molecule has 2 aliphatic heterocycles. The fourth-order valence-electron chi connectivity index (χ4n) is 2.70. The lowest BCUT2D eigenvalue weighted by Gasteiger charge is -2.35. The average molecular weight is 363 g/mol. The summed E-state index contributed by atoms with van der Waals surface area (Å²) < 4.78 is 33.7. The summed E-state index contributed by atoms with van der Waals surface area (Å²) in [4.78, 5) is 27.0. The Morgan fingerprint density at radius 1 is 1.38 bits per heavy atom. The fraction of sp³-hybridized carbons (Fsp3) is 0.857. The molecule has 0 saturated carbocycles. The van der Waals surface area contributed by atoms with Gasteiger partial charge in [0, 0.05) is 26.1 Å². The van der Waals surface area contributed by atoms with Crippen LogP contribution in [0.4, 0.5) is 4.79 Å². The molecule has 2 amide bonds. The molecular formula is C14H25N3O6S. The number of carbonyl (C=O) groups is 2. The number of hydrogen-bond acceptors (Lipinski definition) is 6. The molecule has 9 nitrogen and oxygen atoms in total. The molecule has 0 aromatic heterocycles. The van der Waals surface area contributed by atoms with Gasteiger partial charge in [-0.25, -0.2) is 18.4 Å². The van der Waals surface area contributed by atoms with Crippen LogP contribution < -0.4 is 5.14 Å². The minimum atomic E-state index is -3.74. The highest BCUT2D eigenvalue weighted by molar-refractivity contribution is 7.89. The Kier molecular flexibility index (Phi) is 5.41. The molecule has 0 aliphatic carbocycles. The molecule has 2 heterocycles. The Balaban J connectivity index is 1.91. The van der Waals surface area contributed by atoms with Crippen LogP contribution in [0.5, 0.6) is 0 Å². The van der Waals surface area contributed by atoms with E-state index in [4.69, 9.17) is 14.6 Å². The summed E-state index contributed by atoms with van der Waals surface area (Å²) in [7, 11) is -3.74. The van der Waals surface area contributed by atoms with Crippen LogP contribution in [0.25, 0.3) is 0 Å². The number of ether oxygens (including phenoxy) is 2. The molecule has 0 radical (unpaired) electrons. The Bertz CT molecular complexity index is 600. The van der Waals surface area contributed by atoms with Gasteiger partial charge in [0.2, 0.25) is 15.9 Å². The van der Waals surface area contributed by atoms with Crippen molar-refractivity contribution in [2.45, 2.75) is 44.1 Å². The summed E-state index contributed by atoms with van der Waals surface area (Å²) in [6.07, 6.45) is -0.915. The quantitative estimate of drug-likeness (QED) is 0.723. The van der Waals surface area contributed by atoms with Gasteiger partial charge in [-0.1, -0.05) is 0 Å². The first-order chi connectivity index (χ1) is 11.0. The fourth-order valence-corrected chi connectivity index (χ4v) is 3.46. The lowest BCUT2D eigenvalue weighted by Crippen LogP contribution is -2.51. The molecular weight excluding hydrogens is 338 g/mol.